The van der Waals surface area contributed by atoms with Crippen LogP contribution in [0.25, 0.3) is 33.3 Å². The molecule has 0 saturated heterocycles. The van der Waals surface area contributed by atoms with Crippen molar-refractivity contribution in [1.29, 1.82) is 0 Å². The molecule has 4 nitrogen and oxygen atoms in total. The van der Waals surface area contributed by atoms with Crippen molar-refractivity contribution in [3.8, 4) is 17.2 Å². The van der Waals surface area contributed by atoms with Crippen molar-refractivity contribution in [1.82, 2.24) is 4.98 Å². The van der Waals surface area contributed by atoms with Crippen LogP contribution in [-0.4, -0.2) is 16.3 Å². The van der Waals surface area contributed by atoms with Gasteiger partial charge < -0.3 is 9.52 Å². The molecular formula is C24H14ClIN2O2. The Morgan fingerprint density at radius 3 is 2.73 bits per heavy atom. The zero-order valence-corrected chi connectivity index (χ0v) is 18.4. The predicted molar refractivity (Wildman–Crippen MR) is 130 cm³/mol. The highest BCUT2D eigenvalue weighted by atomic mass is 127. The highest BCUT2D eigenvalue weighted by Crippen LogP contribution is 2.32. The Kier molecular flexibility index (Phi) is 4.92. The average Bonchev–Trinajstić information content (AvgIpc) is 3.18. The predicted octanol–water partition coefficient (Wildman–Crippen LogP) is 7.36. The van der Waals surface area contributed by atoms with E-state index in [4.69, 9.17) is 16.0 Å². The lowest BCUT2D eigenvalue weighted by Gasteiger charge is -2.02. The number of nitrogens with zero attached hydrogens (tertiary/aromatic N) is 2. The number of aromatic nitrogens is 1. The summed E-state index contributed by atoms with van der Waals surface area (Å²) in [5.74, 6) is 0.731. The fraction of sp³-hybridized carbons (Fsp3) is 0. The first-order chi connectivity index (χ1) is 14.6. The van der Waals surface area contributed by atoms with Gasteiger partial charge in [0.05, 0.1) is 9.26 Å². The van der Waals surface area contributed by atoms with Gasteiger partial charge in [0.1, 0.15) is 11.3 Å². The molecule has 0 amide bonds. The van der Waals surface area contributed by atoms with E-state index in [1.165, 1.54) is 0 Å². The molecule has 4 aromatic carbocycles. The first-order valence-corrected chi connectivity index (χ1v) is 10.6. The van der Waals surface area contributed by atoms with Gasteiger partial charge in [-0.25, -0.2) is 4.98 Å². The maximum Gasteiger partial charge on any atom is 0.227 e. The normalized spacial score (nSPS) is 11.7. The summed E-state index contributed by atoms with van der Waals surface area (Å²) in [5.41, 5.74) is 3.63. The van der Waals surface area contributed by atoms with Gasteiger partial charge in [-0.3, -0.25) is 4.99 Å². The number of fused-ring (bicyclic) bond motifs is 2. The Morgan fingerprint density at radius 1 is 1.00 bits per heavy atom. The van der Waals surface area contributed by atoms with Crippen LogP contribution in [0.2, 0.25) is 5.02 Å². The summed E-state index contributed by atoms with van der Waals surface area (Å²) in [6, 6.07) is 23.2. The summed E-state index contributed by atoms with van der Waals surface area (Å²) in [6.07, 6.45) is 1.59. The van der Waals surface area contributed by atoms with E-state index in [0.29, 0.717) is 31.3 Å². The van der Waals surface area contributed by atoms with Crippen molar-refractivity contribution in [3.63, 3.8) is 0 Å². The molecule has 0 fully saturated rings. The minimum absolute atomic E-state index is 0.157. The number of benzene rings is 4. The lowest BCUT2D eigenvalue weighted by molar-refractivity contribution is 0.470. The zero-order valence-electron chi connectivity index (χ0n) is 15.5. The number of aliphatic imine (C=N–C) groups is 1. The summed E-state index contributed by atoms with van der Waals surface area (Å²) in [4.78, 5) is 9.16. The minimum atomic E-state index is 0.157. The maximum absolute atomic E-state index is 10.2. The molecule has 5 rings (SSSR count). The van der Waals surface area contributed by atoms with Gasteiger partial charge in [0.2, 0.25) is 5.89 Å². The van der Waals surface area contributed by atoms with Gasteiger partial charge in [0.25, 0.3) is 0 Å². The van der Waals surface area contributed by atoms with Gasteiger partial charge in [-0.05, 0) is 69.8 Å². The molecule has 1 heterocycles. The van der Waals surface area contributed by atoms with E-state index in [0.717, 1.165) is 21.9 Å². The largest absolute Gasteiger partial charge is 0.506 e. The zero-order chi connectivity index (χ0) is 20.7. The van der Waals surface area contributed by atoms with Crippen LogP contribution < -0.4 is 0 Å². The van der Waals surface area contributed by atoms with Crippen molar-refractivity contribution in [3.05, 3.63) is 87.0 Å². The van der Waals surface area contributed by atoms with Gasteiger partial charge >= 0.3 is 0 Å². The van der Waals surface area contributed by atoms with Gasteiger partial charge in [-0.15, -0.1) is 0 Å². The maximum atomic E-state index is 10.2. The fourth-order valence-corrected chi connectivity index (χ4v) is 4.41. The van der Waals surface area contributed by atoms with Crippen LogP contribution in [0.5, 0.6) is 5.75 Å². The molecule has 0 bridgehead atoms. The van der Waals surface area contributed by atoms with Crippen molar-refractivity contribution >= 4 is 68.0 Å². The first-order valence-electron chi connectivity index (χ1n) is 9.19. The van der Waals surface area contributed by atoms with E-state index < -0.39 is 0 Å². The van der Waals surface area contributed by atoms with E-state index in [1.807, 2.05) is 65.1 Å². The summed E-state index contributed by atoms with van der Waals surface area (Å²) in [7, 11) is 0. The third-order valence-corrected chi connectivity index (χ3v) is 5.84. The summed E-state index contributed by atoms with van der Waals surface area (Å²) in [5, 5.41) is 13.0. The molecule has 5 aromatic rings. The molecule has 0 aliphatic carbocycles. The van der Waals surface area contributed by atoms with Gasteiger partial charge in [0.15, 0.2) is 5.58 Å². The molecule has 1 N–H and O–H groups in total. The SMILES string of the molecule is Oc1c(I)cc(Cl)cc1C=Nc1ccc2oc(-c3cccc4ccccc34)nc2c1. The smallest absolute Gasteiger partial charge is 0.227 e. The highest BCUT2D eigenvalue weighted by molar-refractivity contribution is 14.1. The van der Waals surface area contributed by atoms with E-state index in [2.05, 4.69) is 28.2 Å². The number of hydrogen-bond donors (Lipinski definition) is 1. The number of phenols is 1. The lowest BCUT2D eigenvalue weighted by Crippen LogP contribution is -1.86. The number of phenolic OH excluding ortho intramolecular Hbond substituents is 1. The molecule has 0 aliphatic rings. The number of aromatic hydroxyl groups is 1. The van der Waals surface area contributed by atoms with Crippen LogP contribution in [0.4, 0.5) is 5.69 Å². The van der Waals surface area contributed by atoms with E-state index in [1.54, 1.807) is 18.3 Å². The van der Waals surface area contributed by atoms with Gasteiger partial charge in [0, 0.05) is 22.4 Å². The van der Waals surface area contributed by atoms with E-state index in [-0.39, 0.29) is 5.75 Å². The topological polar surface area (TPSA) is 58.6 Å². The molecule has 0 spiro atoms. The molecule has 0 unspecified atom stereocenters. The van der Waals surface area contributed by atoms with Crippen LogP contribution in [0.1, 0.15) is 5.56 Å². The molecule has 1 aromatic heterocycles. The number of rotatable bonds is 3. The third kappa shape index (κ3) is 3.55. The van der Waals surface area contributed by atoms with Gasteiger partial charge in [-0.2, -0.15) is 0 Å². The number of hydrogen-bond acceptors (Lipinski definition) is 4. The summed E-state index contributed by atoms with van der Waals surface area (Å²) in [6.45, 7) is 0. The molecule has 30 heavy (non-hydrogen) atoms. The average molecular weight is 525 g/mol. The second-order valence-corrected chi connectivity index (χ2v) is 8.38. The standard InChI is InChI=1S/C24H14ClIN2O2/c25-16-10-15(23(29)20(26)11-16)13-27-17-8-9-22-21(12-17)28-24(30-22)19-7-3-5-14-4-1-2-6-18(14)19/h1-13,29H. The molecule has 6 heteroatoms. The Hall–Kier alpha value is -2.90. The Labute approximate surface area is 191 Å². The van der Waals surface area contributed by atoms with Gasteiger partial charge in [-0.1, -0.05) is 48.0 Å². The first kappa shape index (κ1) is 19.1. The molecule has 0 radical (unpaired) electrons. The van der Waals surface area contributed by atoms with E-state index in [9.17, 15) is 5.11 Å². The molecular weight excluding hydrogens is 511 g/mol. The second kappa shape index (κ2) is 7.74. The molecule has 0 atom stereocenters. The van der Waals surface area contributed by atoms with Crippen molar-refractivity contribution in [2.75, 3.05) is 0 Å². The molecule has 0 aliphatic heterocycles. The second-order valence-electron chi connectivity index (χ2n) is 6.78. The van der Waals surface area contributed by atoms with Crippen molar-refractivity contribution in [2.45, 2.75) is 0 Å². The lowest BCUT2D eigenvalue weighted by atomic mass is 10.0. The van der Waals surface area contributed by atoms with Crippen molar-refractivity contribution < 1.29 is 9.52 Å². The number of oxazole rings is 1. The minimum Gasteiger partial charge on any atom is -0.506 e. The molecule has 0 saturated carbocycles. The van der Waals surface area contributed by atoms with Crippen LogP contribution in [-0.2, 0) is 0 Å². The highest BCUT2D eigenvalue weighted by Gasteiger charge is 2.12. The summed E-state index contributed by atoms with van der Waals surface area (Å²) < 4.78 is 6.68. The van der Waals surface area contributed by atoms with E-state index >= 15 is 0 Å². The number of halogens is 2. The third-order valence-electron chi connectivity index (χ3n) is 4.80. The van der Waals surface area contributed by atoms with Crippen LogP contribution in [0.15, 0.2) is 82.2 Å². The summed E-state index contributed by atoms with van der Waals surface area (Å²) >= 11 is 8.12. The fourth-order valence-electron chi connectivity index (χ4n) is 3.35. The van der Waals surface area contributed by atoms with Crippen molar-refractivity contribution in [2.24, 2.45) is 4.99 Å². The Balaban J connectivity index is 1.53. The van der Waals surface area contributed by atoms with Crippen LogP contribution >= 0.6 is 34.2 Å². The Bertz CT molecular complexity index is 1440. The quantitative estimate of drug-likeness (QED) is 0.198. The van der Waals surface area contributed by atoms with Crippen LogP contribution in [0.3, 0.4) is 0 Å². The van der Waals surface area contributed by atoms with Crippen LogP contribution in [0, 0.1) is 3.57 Å². The Morgan fingerprint density at radius 2 is 1.83 bits per heavy atom. The molecule has 146 valence electrons. The monoisotopic (exact) mass is 524 g/mol.